The smallest absolute Gasteiger partial charge is 0.204 e. The molecule has 0 unspecified atom stereocenters. The van der Waals surface area contributed by atoms with Crippen molar-refractivity contribution >= 4 is 21.9 Å². The molecule has 6 nitrogen and oxygen atoms in total. The molecule has 3 rings (SSSR count). The Morgan fingerprint density at radius 2 is 1.81 bits per heavy atom. The minimum atomic E-state index is -0.445. The molecule has 2 aromatic carbocycles. The van der Waals surface area contributed by atoms with Gasteiger partial charge in [0.1, 0.15) is 22.3 Å². The summed E-state index contributed by atoms with van der Waals surface area (Å²) in [5, 5.41) is 20.1. The zero-order valence-corrected chi connectivity index (χ0v) is 11.3. The van der Waals surface area contributed by atoms with Gasteiger partial charge in [0.25, 0.3) is 0 Å². The highest BCUT2D eigenvalue weighted by atomic mass is 16.5. The van der Waals surface area contributed by atoms with Crippen molar-refractivity contribution in [2.75, 3.05) is 14.2 Å². The molecule has 0 spiro atoms. The Bertz CT molecular complexity index is 910. The van der Waals surface area contributed by atoms with Gasteiger partial charge in [-0.25, -0.2) is 0 Å². The first-order chi connectivity index (χ1) is 10.1. The highest BCUT2D eigenvalue weighted by Gasteiger charge is 2.19. The van der Waals surface area contributed by atoms with E-state index < -0.39 is 11.2 Å². The molecule has 0 aliphatic heterocycles. The number of methoxy groups -OCH3 is 2. The molecule has 0 saturated heterocycles. The van der Waals surface area contributed by atoms with Crippen LogP contribution in [0.15, 0.2) is 33.5 Å². The molecular formula is C15H12O6. The zero-order chi connectivity index (χ0) is 15.1. The van der Waals surface area contributed by atoms with Crippen molar-refractivity contribution in [1.82, 2.24) is 0 Å². The van der Waals surface area contributed by atoms with E-state index in [0.29, 0.717) is 16.7 Å². The lowest BCUT2D eigenvalue weighted by Gasteiger charge is -2.09. The first-order valence-electron chi connectivity index (χ1n) is 6.10. The molecule has 0 fully saturated rings. The van der Waals surface area contributed by atoms with Crippen LogP contribution in [0, 0.1) is 0 Å². The number of hydrogen-bond acceptors (Lipinski definition) is 6. The van der Waals surface area contributed by atoms with E-state index in [1.54, 1.807) is 18.2 Å². The molecule has 0 atom stereocenters. The average molecular weight is 288 g/mol. The number of phenolic OH excluding ortho intramolecular Hbond substituents is 2. The second-order valence-electron chi connectivity index (χ2n) is 4.44. The van der Waals surface area contributed by atoms with Gasteiger partial charge in [-0.3, -0.25) is 4.79 Å². The van der Waals surface area contributed by atoms with Crippen LogP contribution in [-0.2, 0) is 0 Å². The van der Waals surface area contributed by atoms with Gasteiger partial charge in [0.2, 0.25) is 11.2 Å². The van der Waals surface area contributed by atoms with Gasteiger partial charge >= 0.3 is 0 Å². The lowest BCUT2D eigenvalue weighted by molar-refractivity contribution is 0.346. The number of benzene rings is 2. The average Bonchev–Trinajstić information content (AvgIpc) is 2.46. The molecule has 0 bridgehead atoms. The Labute approximate surface area is 118 Å². The third-order valence-corrected chi connectivity index (χ3v) is 3.28. The molecule has 0 saturated carbocycles. The van der Waals surface area contributed by atoms with Crippen LogP contribution >= 0.6 is 0 Å². The first-order valence-corrected chi connectivity index (χ1v) is 6.10. The van der Waals surface area contributed by atoms with Crippen molar-refractivity contribution in [2.24, 2.45) is 0 Å². The molecule has 2 N–H and O–H groups in total. The fraction of sp³-hybridized carbons (Fsp3) is 0.133. The van der Waals surface area contributed by atoms with E-state index in [1.165, 1.54) is 20.3 Å². The standard InChI is InChI=1S/C15H12O6/c1-19-7-3-4-8-10(5-7)21-11-6-9(16)15(20-2)14(18)12(11)13(8)17/h3-6,16,18H,1-2H3. The summed E-state index contributed by atoms with van der Waals surface area (Å²) in [5.41, 5.74) is -0.0444. The molecule has 0 amide bonds. The molecule has 6 heteroatoms. The molecule has 3 aromatic rings. The van der Waals surface area contributed by atoms with Crippen LogP contribution in [-0.4, -0.2) is 24.4 Å². The fourth-order valence-electron chi connectivity index (χ4n) is 2.27. The van der Waals surface area contributed by atoms with Gasteiger partial charge in [-0.1, -0.05) is 0 Å². The summed E-state index contributed by atoms with van der Waals surface area (Å²) in [6.45, 7) is 0. The minimum absolute atomic E-state index is 0.0395. The third kappa shape index (κ3) is 1.84. The summed E-state index contributed by atoms with van der Waals surface area (Å²) in [6.07, 6.45) is 0. The molecule has 108 valence electrons. The number of fused-ring (bicyclic) bond motifs is 2. The summed E-state index contributed by atoms with van der Waals surface area (Å²) < 4.78 is 15.5. The summed E-state index contributed by atoms with van der Waals surface area (Å²) >= 11 is 0. The van der Waals surface area contributed by atoms with Gasteiger partial charge in [-0.05, 0) is 12.1 Å². The Hall–Kier alpha value is -2.89. The van der Waals surface area contributed by atoms with Crippen LogP contribution in [0.2, 0.25) is 0 Å². The highest BCUT2D eigenvalue weighted by Crippen LogP contribution is 2.41. The summed E-state index contributed by atoms with van der Waals surface area (Å²) in [5.74, 6) is -0.388. The second kappa shape index (κ2) is 4.59. The van der Waals surface area contributed by atoms with E-state index in [-0.39, 0.29) is 22.5 Å². The second-order valence-corrected chi connectivity index (χ2v) is 4.44. The maximum atomic E-state index is 12.5. The number of rotatable bonds is 2. The van der Waals surface area contributed by atoms with Crippen LogP contribution in [0.1, 0.15) is 0 Å². The predicted molar refractivity (Wildman–Crippen MR) is 76.4 cm³/mol. The van der Waals surface area contributed by atoms with E-state index >= 15 is 0 Å². The maximum Gasteiger partial charge on any atom is 0.204 e. The molecule has 0 radical (unpaired) electrons. The molecule has 1 heterocycles. The van der Waals surface area contributed by atoms with Crippen LogP contribution in [0.4, 0.5) is 0 Å². The topological polar surface area (TPSA) is 89.1 Å². The highest BCUT2D eigenvalue weighted by molar-refractivity contribution is 5.96. The number of ether oxygens (including phenoxy) is 2. The monoisotopic (exact) mass is 288 g/mol. The van der Waals surface area contributed by atoms with E-state index in [4.69, 9.17) is 13.9 Å². The maximum absolute atomic E-state index is 12.5. The van der Waals surface area contributed by atoms with E-state index in [2.05, 4.69) is 0 Å². The first kappa shape index (κ1) is 13.1. The number of aromatic hydroxyl groups is 2. The van der Waals surface area contributed by atoms with E-state index in [0.717, 1.165) is 0 Å². The molecular weight excluding hydrogens is 276 g/mol. The van der Waals surface area contributed by atoms with Crippen molar-refractivity contribution in [1.29, 1.82) is 0 Å². The van der Waals surface area contributed by atoms with Crippen LogP contribution in [0.25, 0.3) is 21.9 Å². The van der Waals surface area contributed by atoms with Crippen molar-refractivity contribution in [2.45, 2.75) is 0 Å². The van der Waals surface area contributed by atoms with Gasteiger partial charge in [0.05, 0.1) is 19.6 Å². The minimum Gasteiger partial charge on any atom is -0.504 e. The Morgan fingerprint density at radius 3 is 2.48 bits per heavy atom. The van der Waals surface area contributed by atoms with Gasteiger partial charge in [-0.15, -0.1) is 0 Å². The normalized spacial score (nSPS) is 11.0. The Morgan fingerprint density at radius 1 is 1.05 bits per heavy atom. The number of phenols is 2. The van der Waals surface area contributed by atoms with Gasteiger partial charge in [0.15, 0.2) is 11.5 Å². The van der Waals surface area contributed by atoms with E-state index in [9.17, 15) is 15.0 Å². The zero-order valence-electron chi connectivity index (χ0n) is 11.3. The van der Waals surface area contributed by atoms with Crippen LogP contribution in [0.5, 0.6) is 23.0 Å². The summed E-state index contributed by atoms with van der Waals surface area (Å²) in [4.78, 5) is 12.5. The largest absolute Gasteiger partial charge is 0.504 e. The van der Waals surface area contributed by atoms with Crippen molar-refractivity contribution in [3.63, 3.8) is 0 Å². The lowest BCUT2D eigenvalue weighted by Crippen LogP contribution is -2.03. The molecule has 1 aromatic heterocycles. The number of hydrogen-bond donors (Lipinski definition) is 2. The van der Waals surface area contributed by atoms with Gasteiger partial charge in [0, 0.05) is 12.1 Å². The van der Waals surface area contributed by atoms with Gasteiger partial charge in [-0.2, -0.15) is 0 Å². The Balaban J connectivity index is 2.50. The van der Waals surface area contributed by atoms with Crippen molar-refractivity contribution in [3.05, 3.63) is 34.5 Å². The summed E-state index contributed by atoms with van der Waals surface area (Å²) in [7, 11) is 2.79. The predicted octanol–water partition coefficient (Wildman–Crippen LogP) is 2.37. The molecule has 0 aliphatic rings. The van der Waals surface area contributed by atoms with Crippen LogP contribution < -0.4 is 14.9 Å². The van der Waals surface area contributed by atoms with Crippen LogP contribution in [0.3, 0.4) is 0 Å². The quantitative estimate of drug-likeness (QED) is 0.704. The van der Waals surface area contributed by atoms with Gasteiger partial charge < -0.3 is 24.1 Å². The molecule has 21 heavy (non-hydrogen) atoms. The Kier molecular flexibility index (Phi) is 2.86. The molecule has 0 aliphatic carbocycles. The van der Waals surface area contributed by atoms with Crippen molar-refractivity contribution < 1.29 is 24.1 Å². The SMILES string of the molecule is COc1ccc2c(=O)c3c(O)c(OC)c(O)cc3oc2c1. The van der Waals surface area contributed by atoms with Crippen molar-refractivity contribution in [3.8, 4) is 23.0 Å². The van der Waals surface area contributed by atoms with E-state index in [1.807, 2.05) is 0 Å². The lowest BCUT2D eigenvalue weighted by atomic mass is 10.1. The fourth-order valence-corrected chi connectivity index (χ4v) is 2.27. The summed E-state index contributed by atoms with van der Waals surface area (Å²) in [6, 6.07) is 5.97. The third-order valence-electron chi connectivity index (χ3n) is 3.28.